The molecule has 0 atom stereocenters. The van der Waals surface area contributed by atoms with E-state index in [0.29, 0.717) is 11.3 Å². The zero-order chi connectivity index (χ0) is 15.7. The molecule has 0 amide bonds. The molecule has 0 radical (unpaired) electrons. The van der Waals surface area contributed by atoms with Gasteiger partial charge < -0.3 is 4.74 Å². The van der Waals surface area contributed by atoms with Crippen molar-refractivity contribution >= 4 is 27.7 Å². The van der Waals surface area contributed by atoms with Gasteiger partial charge in [-0.2, -0.15) is 0 Å². The van der Waals surface area contributed by atoms with E-state index in [0.717, 1.165) is 27.8 Å². The fourth-order valence-electron chi connectivity index (χ4n) is 2.48. The van der Waals surface area contributed by atoms with E-state index < -0.39 is 5.24 Å². The molecule has 4 heteroatoms. The molecule has 0 unspecified atom stereocenters. The average molecular weight is 312 g/mol. The first-order chi connectivity index (χ1) is 10.6. The Bertz CT molecular complexity index is 874. The quantitative estimate of drug-likeness (QED) is 0.664. The van der Waals surface area contributed by atoms with Crippen LogP contribution in [0.15, 0.2) is 48.5 Å². The molecular weight excluding hydrogens is 298 g/mol. The summed E-state index contributed by atoms with van der Waals surface area (Å²) in [6, 6.07) is 15.0. The van der Waals surface area contributed by atoms with E-state index in [4.69, 9.17) is 21.3 Å². The molecule has 0 spiro atoms. The molecule has 0 aliphatic heterocycles. The van der Waals surface area contributed by atoms with Gasteiger partial charge in [-0.05, 0) is 42.3 Å². The molecule has 0 N–H and O–H groups in total. The number of halogens is 1. The lowest BCUT2D eigenvalue weighted by Gasteiger charge is -2.10. The van der Waals surface area contributed by atoms with E-state index in [1.54, 1.807) is 13.2 Å². The van der Waals surface area contributed by atoms with Crippen molar-refractivity contribution in [3.63, 3.8) is 0 Å². The molecule has 110 valence electrons. The summed E-state index contributed by atoms with van der Waals surface area (Å²) in [5.41, 5.74) is 3.83. The molecule has 0 bridgehead atoms. The molecule has 1 heterocycles. The molecule has 3 nitrogen and oxygen atoms in total. The average Bonchev–Trinajstić information content (AvgIpc) is 2.54. The second kappa shape index (κ2) is 5.78. The number of hydrogen-bond donors (Lipinski definition) is 0. The van der Waals surface area contributed by atoms with Gasteiger partial charge in [0.1, 0.15) is 5.75 Å². The minimum absolute atomic E-state index is 0.466. The number of para-hydroxylation sites is 1. The van der Waals surface area contributed by atoms with Crippen molar-refractivity contribution in [3.8, 4) is 17.0 Å². The number of carbonyl (C=O) groups is 1. The van der Waals surface area contributed by atoms with Gasteiger partial charge in [0, 0.05) is 16.5 Å². The normalized spacial score (nSPS) is 10.7. The van der Waals surface area contributed by atoms with Crippen molar-refractivity contribution in [2.45, 2.75) is 6.92 Å². The van der Waals surface area contributed by atoms with Crippen molar-refractivity contribution in [1.29, 1.82) is 0 Å². The minimum Gasteiger partial charge on any atom is -0.497 e. The van der Waals surface area contributed by atoms with E-state index >= 15 is 0 Å². The Kier molecular flexibility index (Phi) is 3.82. The summed E-state index contributed by atoms with van der Waals surface area (Å²) in [6.45, 7) is 1.97. The summed E-state index contributed by atoms with van der Waals surface area (Å²) in [5.74, 6) is 0.739. The van der Waals surface area contributed by atoms with Crippen LogP contribution in [0, 0.1) is 6.92 Å². The molecule has 0 aliphatic rings. The number of carbonyl (C=O) groups excluding carboxylic acids is 1. The Morgan fingerprint density at radius 1 is 1.14 bits per heavy atom. The van der Waals surface area contributed by atoms with E-state index in [1.165, 1.54) is 0 Å². The summed E-state index contributed by atoms with van der Waals surface area (Å²) in [4.78, 5) is 16.5. The van der Waals surface area contributed by atoms with Crippen LogP contribution in [-0.4, -0.2) is 17.3 Å². The predicted octanol–water partition coefficient (Wildman–Crippen LogP) is 4.60. The van der Waals surface area contributed by atoms with Crippen LogP contribution in [0.2, 0.25) is 0 Å². The lowest BCUT2D eigenvalue weighted by molar-refractivity contribution is 0.108. The van der Waals surface area contributed by atoms with Crippen molar-refractivity contribution in [2.75, 3.05) is 7.11 Å². The van der Waals surface area contributed by atoms with E-state index in [2.05, 4.69) is 0 Å². The summed E-state index contributed by atoms with van der Waals surface area (Å²) >= 11 is 5.76. The topological polar surface area (TPSA) is 39.2 Å². The number of methoxy groups -OCH3 is 1. The van der Waals surface area contributed by atoms with Crippen LogP contribution < -0.4 is 4.74 Å². The summed E-state index contributed by atoms with van der Waals surface area (Å²) in [7, 11) is 1.62. The molecule has 1 aromatic heterocycles. The minimum atomic E-state index is -0.484. The first-order valence-corrected chi connectivity index (χ1v) is 7.22. The number of fused-ring (bicyclic) bond motifs is 1. The number of rotatable bonds is 3. The van der Waals surface area contributed by atoms with Gasteiger partial charge in [-0.15, -0.1) is 0 Å². The number of aromatic nitrogens is 1. The van der Waals surface area contributed by atoms with Crippen LogP contribution in [-0.2, 0) is 0 Å². The molecule has 0 fully saturated rings. The monoisotopic (exact) mass is 311 g/mol. The second-order valence-electron chi connectivity index (χ2n) is 5.03. The van der Waals surface area contributed by atoms with Crippen LogP contribution in [0.25, 0.3) is 22.2 Å². The van der Waals surface area contributed by atoms with Gasteiger partial charge in [0.25, 0.3) is 5.24 Å². The molecule has 2 aromatic carbocycles. The van der Waals surface area contributed by atoms with Crippen LogP contribution in [0.3, 0.4) is 0 Å². The number of ether oxygens (including phenoxy) is 1. The van der Waals surface area contributed by atoms with Crippen LogP contribution in [0.1, 0.15) is 15.9 Å². The third kappa shape index (κ3) is 2.55. The van der Waals surface area contributed by atoms with Gasteiger partial charge in [0.2, 0.25) is 0 Å². The SMILES string of the molecule is COc1cccc(-c2cc(C(=O)Cl)c3cccc(C)c3n2)c1. The Labute approximate surface area is 133 Å². The fraction of sp³-hybridized carbons (Fsp3) is 0.111. The molecule has 0 saturated carbocycles. The number of nitrogens with zero attached hydrogens (tertiary/aromatic N) is 1. The molecule has 3 rings (SSSR count). The first kappa shape index (κ1) is 14.5. The molecule has 0 saturated heterocycles. The maximum Gasteiger partial charge on any atom is 0.253 e. The Morgan fingerprint density at radius 3 is 2.64 bits per heavy atom. The maximum absolute atomic E-state index is 11.8. The number of aryl methyl sites for hydroxylation is 1. The number of hydrogen-bond acceptors (Lipinski definition) is 3. The van der Waals surface area contributed by atoms with Gasteiger partial charge in [-0.3, -0.25) is 4.79 Å². The summed E-state index contributed by atoms with van der Waals surface area (Å²) < 4.78 is 5.24. The largest absolute Gasteiger partial charge is 0.497 e. The highest BCUT2D eigenvalue weighted by Crippen LogP contribution is 2.29. The summed E-state index contributed by atoms with van der Waals surface area (Å²) in [6.07, 6.45) is 0. The highest BCUT2D eigenvalue weighted by molar-refractivity contribution is 6.68. The van der Waals surface area contributed by atoms with Crippen LogP contribution in [0.5, 0.6) is 5.75 Å². The smallest absolute Gasteiger partial charge is 0.253 e. The van der Waals surface area contributed by atoms with Gasteiger partial charge in [-0.25, -0.2) is 4.98 Å². The van der Waals surface area contributed by atoms with Gasteiger partial charge >= 0.3 is 0 Å². The van der Waals surface area contributed by atoms with Crippen LogP contribution in [0.4, 0.5) is 0 Å². The van der Waals surface area contributed by atoms with Crippen molar-refractivity contribution < 1.29 is 9.53 Å². The second-order valence-corrected chi connectivity index (χ2v) is 5.38. The predicted molar refractivity (Wildman–Crippen MR) is 88.7 cm³/mol. The zero-order valence-corrected chi connectivity index (χ0v) is 13.0. The summed E-state index contributed by atoms with van der Waals surface area (Å²) in [5, 5.41) is 0.286. The number of pyridine rings is 1. The Balaban J connectivity index is 2.30. The van der Waals surface area contributed by atoms with Gasteiger partial charge in [0.05, 0.1) is 18.3 Å². The maximum atomic E-state index is 11.8. The Morgan fingerprint density at radius 2 is 1.91 bits per heavy atom. The molecule has 22 heavy (non-hydrogen) atoms. The van der Waals surface area contributed by atoms with Gasteiger partial charge in [-0.1, -0.05) is 30.3 Å². The lowest BCUT2D eigenvalue weighted by atomic mass is 10.0. The van der Waals surface area contributed by atoms with Crippen molar-refractivity contribution in [3.05, 3.63) is 59.7 Å². The Hall–Kier alpha value is -2.39. The van der Waals surface area contributed by atoms with Gasteiger partial charge in [0.15, 0.2) is 0 Å². The third-order valence-electron chi connectivity index (χ3n) is 3.62. The molecule has 3 aromatic rings. The van der Waals surface area contributed by atoms with E-state index in [9.17, 15) is 4.79 Å². The highest BCUT2D eigenvalue weighted by Gasteiger charge is 2.13. The lowest BCUT2D eigenvalue weighted by Crippen LogP contribution is -1.97. The first-order valence-electron chi connectivity index (χ1n) is 6.85. The fourth-order valence-corrected chi connectivity index (χ4v) is 2.64. The van der Waals surface area contributed by atoms with Crippen molar-refractivity contribution in [1.82, 2.24) is 4.98 Å². The number of benzene rings is 2. The standard InChI is InChI=1S/C18H14ClNO2/c1-11-5-3-8-14-15(18(19)21)10-16(20-17(11)14)12-6-4-7-13(9-12)22-2/h3-10H,1-2H3. The highest BCUT2D eigenvalue weighted by atomic mass is 35.5. The zero-order valence-electron chi connectivity index (χ0n) is 12.3. The van der Waals surface area contributed by atoms with Crippen LogP contribution >= 0.6 is 11.6 Å². The van der Waals surface area contributed by atoms with E-state index in [-0.39, 0.29) is 0 Å². The third-order valence-corrected chi connectivity index (χ3v) is 3.82. The molecular formula is C18H14ClNO2. The van der Waals surface area contributed by atoms with Crippen molar-refractivity contribution in [2.24, 2.45) is 0 Å². The van der Waals surface area contributed by atoms with E-state index in [1.807, 2.05) is 49.4 Å². The molecule has 0 aliphatic carbocycles.